The fourth-order valence-corrected chi connectivity index (χ4v) is 6.48. The highest BCUT2D eigenvalue weighted by Crippen LogP contribution is 2.53. The molecule has 7 nitrogen and oxygen atoms in total. The Kier molecular flexibility index (Phi) is 6.77. The molecule has 1 N–H and O–H groups in total. The Bertz CT molecular complexity index is 1610. The number of carbonyl (C=O) groups excluding carboxylic acids is 2. The van der Waals surface area contributed by atoms with Gasteiger partial charge in [0.25, 0.3) is 5.91 Å². The van der Waals surface area contributed by atoms with E-state index in [0.29, 0.717) is 32.5 Å². The first-order valence-corrected chi connectivity index (χ1v) is 13.6. The van der Waals surface area contributed by atoms with Crippen molar-refractivity contribution in [2.75, 3.05) is 6.79 Å². The molecule has 0 spiro atoms. The maximum Gasteiger partial charge on any atom is 0.327 e. The minimum Gasteiger partial charge on any atom is -0.480 e. The van der Waals surface area contributed by atoms with Gasteiger partial charge in [-0.05, 0) is 65.0 Å². The van der Waals surface area contributed by atoms with Crippen LogP contribution in [-0.4, -0.2) is 40.5 Å². The fourth-order valence-electron chi connectivity index (χ4n) is 5.64. The summed E-state index contributed by atoms with van der Waals surface area (Å²) in [5.74, 6) is -3.99. The average Bonchev–Trinajstić information content (AvgIpc) is 3.71. The van der Waals surface area contributed by atoms with Crippen molar-refractivity contribution >= 4 is 40.6 Å². The van der Waals surface area contributed by atoms with Crippen LogP contribution in [0.5, 0.6) is 11.5 Å². The summed E-state index contributed by atoms with van der Waals surface area (Å²) in [5, 5.41) is 12.8. The van der Waals surface area contributed by atoms with Crippen molar-refractivity contribution in [2.24, 2.45) is 5.92 Å². The average molecular weight is 578 g/mol. The highest BCUT2D eigenvalue weighted by molar-refractivity contribution is 7.12. The van der Waals surface area contributed by atoms with E-state index in [1.54, 1.807) is 60.0 Å². The van der Waals surface area contributed by atoms with E-state index in [0.717, 1.165) is 6.07 Å². The first-order valence-electron chi connectivity index (χ1n) is 12.4. The number of aliphatic carboxylic acids is 1. The zero-order valence-electron chi connectivity index (χ0n) is 20.7. The number of hydrogen-bond donors (Lipinski definition) is 1. The second kappa shape index (κ2) is 10.4. The molecule has 4 aromatic rings. The third-order valence-electron chi connectivity index (χ3n) is 7.29. The van der Waals surface area contributed by atoms with E-state index in [9.17, 15) is 23.9 Å². The van der Waals surface area contributed by atoms with E-state index in [1.807, 2.05) is 0 Å². The van der Waals surface area contributed by atoms with Crippen molar-refractivity contribution in [1.29, 1.82) is 0 Å². The highest BCUT2D eigenvalue weighted by atomic mass is 35.5. The topological polar surface area (TPSA) is 93.1 Å². The lowest BCUT2D eigenvalue weighted by atomic mass is 9.77. The van der Waals surface area contributed by atoms with Gasteiger partial charge in [-0.3, -0.25) is 9.59 Å². The maximum absolute atomic E-state index is 14.2. The molecule has 1 fully saturated rings. The van der Waals surface area contributed by atoms with Crippen molar-refractivity contribution in [3.63, 3.8) is 0 Å². The van der Waals surface area contributed by atoms with Gasteiger partial charge in [-0.25, -0.2) is 9.18 Å². The number of thiophene rings is 1. The third kappa shape index (κ3) is 4.51. The molecule has 4 unspecified atom stereocenters. The number of carboxylic acids is 1. The molecule has 3 aromatic carbocycles. The molecule has 0 radical (unpaired) electrons. The zero-order chi connectivity index (χ0) is 28.0. The number of hydrogen-bond acceptors (Lipinski definition) is 6. The number of halogens is 2. The first kappa shape index (κ1) is 26.0. The number of fused-ring (bicyclic) bond motifs is 1. The highest BCUT2D eigenvalue weighted by Gasteiger charge is 2.58. The van der Waals surface area contributed by atoms with Gasteiger partial charge in [0.05, 0.1) is 16.8 Å². The third-order valence-corrected chi connectivity index (χ3v) is 8.42. The van der Waals surface area contributed by atoms with Crippen LogP contribution < -0.4 is 9.47 Å². The Labute approximate surface area is 237 Å². The van der Waals surface area contributed by atoms with E-state index in [2.05, 4.69) is 0 Å². The van der Waals surface area contributed by atoms with E-state index in [4.69, 9.17) is 21.1 Å². The minimum absolute atomic E-state index is 0.0120. The molecule has 40 heavy (non-hydrogen) atoms. The molecule has 0 bridgehead atoms. The molecule has 6 rings (SSSR count). The molecule has 0 saturated carbocycles. The number of rotatable bonds is 6. The Balaban J connectivity index is 1.60. The minimum atomic E-state index is -1.46. The number of carbonyl (C=O) groups is 3. The van der Waals surface area contributed by atoms with Crippen LogP contribution in [0.1, 0.15) is 43.1 Å². The molecule has 1 amide bonds. The quantitative estimate of drug-likeness (QED) is 0.274. The van der Waals surface area contributed by atoms with E-state index in [-0.39, 0.29) is 18.1 Å². The summed E-state index contributed by atoms with van der Waals surface area (Å²) < 4.78 is 25.3. The first-order chi connectivity index (χ1) is 19.3. The Morgan fingerprint density at radius 1 is 0.925 bits per heavy atom. The SMILES string of the molecule is O=C(c1cccs1)C1C(c2ccc(Cl)cc2)C(C(=O)O)N(C(=O)c2cccc(F)c2)C1c1ccc2c(c1)OCO2. The van der Waals surface area contributed by atoms with Gasteiger partial charge in [0.2, 0.25) is 6.79 Å². The molecule has 2 aliphatic rings. The number of ether oxygens (including phenoxy) is 2. The van der Waals surface area contributed by atoms with Gasteiger partial charge in [0, 0.05) is 16.5 Å². The Morgan fingerprint density at radius 2 is 1.68 bits per heavy atom. The van der Waals surface area contributed by atoms with Crippen LogP contribution in [0.15, 0.2) is 84.2 Å². The Morgan fingerprint density at radius 3 is 2.38 bits per heavy atom. The largest absolute Gasteiger partial charge is 0.480 e. The van der Waals surface area contributed by atoms with Crippen LogP contribution in [0.25, 0.3) is 0 Å². The van der Waals surface area contributed by atoms with Crippen LogP contribution in [0, 0.1) is 11.7 Å². The van der Waals surface area contributed by atoms with Crippen molar-refractivity contribution in [3.8, 4) is 11.5 Å². The van der Waals surface area contributed by atoms with Crippen LogP contribution >= 0.6 is 22.9 Å². The number of likely N-dealkylation sites (tertiary alicyclic amines) is 1. The lowest BCUT2D eigenvalue weighted by Crippen LogP contribution is -2.43. The molecule has 0 aliphatic carbocycles. The van der Waals surface area contributed by atoms with Crippen LogP contribution in [-0.2, 0) is 4.79 Å². The predicted octanol–water partition coefficient (Wildman–Crippen LogP) is 6.20. The molecule has 2 aliphatic heterocycles. The smallest absolute Gasteiger partial charge is 0.327 e. The summed E-state index contributed by atoms with van der Waals surface area (Å²) in [7, 11) is 0. The normalized spacial score (nSPS) is 21.4. The molecule has 3 heterocycles. The number of Topliss-reactive ketones (excluding diaryl/α,β-unsaturated/α-hetero) is 1. The number of nitrogens with zero attached hydrogens (tertiary/aromatic N) is 1. The van der Waals surface area contributed by atoms with E-state index < -0.39 is 41.6 Å². The standard InChI is InChI=1S/C30H21ClFNO6S/c31-19-9-6-16(7-10-19)24-25(28(34)23-5-2-12-40-23)26(17-8-11-21-22(14-17)39-15-38-21)33(27(24)30(36)37)29(35)18-3-1-4-20(32)13-18/h1-14,24-27H,15H2,(H,36,37). The molecule has 10 heteroatoms. The molecule has 1 saturated heterocycles. The maximum atomic E-state index is 14.2. The van der Waals surface area contributed by atoms with E-state index >= 15 is 0 Å². The van der Waals surface area contributed by atoms with Crippen molar-refractivity contribution < 1.29 is 33.4 Å². The lowest BCUT2D eigenvalue weighted by molar-refractivity contribution is -0.142. The van der Waals surface area contributed by atoms with Crippen LogP contribution in [0.2, 0.25) is 5.02 Å². The number of ketones is 1. The second-order valence-electron chi connectivity index (χ2n) is 9.51. The fraction of sp³-hybridized carbons (Fsp3) is 0.167. The van der Waals surface area contributed by atoms with Crippen molar-refractivity contribution in [1.82, 2.24) is 4.90 Å². The molecular weight excluding hydrogens is 557 g/mol. The van der Waals surface area contributed by atoms with Gasteiger partial charge in [0.15, 0.2) is 17.3 Å². The van der Waals surface area contributed by atoms with Gasteiger partial charge in [0.1, 0.15) is 11.9 Å². The molecule has 202 valence electrons. The van der Waals surface area contributed by atoms with Crippen molar-refractivity contribution in [3.05, 3.63) is 117 Å². The Hall–Kier alpha value is -4.21. The monoisotopic (exact) mass is 577 g/mol. The number of benzene rings is 3. The van der Waals surface area contributed by atoms with Gasteiger partial charge < -0.3 is 19.5 Å². The lowest BCUT2D eigenvalue weighted by Gasteiger charge is -2.30. The summed E-state index contributed by atoms with van der Waals surface area (Å²) in [6.45, 7) is 0.0120. The molecule has 4 atom stereocenters. The van der Waals surface area contributed by atoms with Gasteiger partial charge in [-0.15, -0.1) is 11.3 Å². The van der Waals surface area contributed by atoms with Crippen molar-refractivity contribution in [2.45, 2.75) is 18.0 Å². The van der Waals surface area contributed by atoms with Gasteiger partial charge >= 0.3 is 5.97 Å². The van der Waals surface area contributed by atoms with Crippen LogP contribution in [0.3, 0.4) is 0 Å². The zero-order valence-corrected chi connectivity index (χ0v) is 22.3. The molecule has 1 aromatic heterocycles. The predicted molar refractivity (Wildman–Crippen MR) is 146 cm³/mol. The molecular formula is C30H21ClFNO6S. The number of amides is 1. The second-order valence-corrected chi connectivity index (χ2v) is 10.9. The van der Waals surface area contributed by atoms with Gasteiger partial charge in [-0.2, -0.15) is 0 Å². The summed E-state index contributed by atoms with van der Waals surface area (Å²) in [6, 6.07) is 17.6. The summed E-state index contributed by atoms with van der Waals surface area (Å²) in [5.41, 5.74) is 0.995. The van der Waals surface area contributed by atoms with Gasteiger partial charge in [-0.1, -0.05) is 41.9 Å². The van der Waals surface area contributed by atoms with Crippen LogP contribution in [0.4, 0.5) is 4.39 Å². The summed E-state index contributed by atoms with van der Waals surface area (Å²) in [4.78, 5) is 43.0. The summed E-state index contributed by atoms with van der Waals surface area (Å²) in [6.07, 6.45) is 0. The summed E-state index contributed by atoms with van der Waals surface area (Å²) >= 11 is 7.38. The van der Waals surface area contributed by atoms with E-state index in [1.165, 1.54) is 34.4 Å². The number of carboxylic acid groups (broad SMARTS) is 1.